The molecule has 1 fully saturated rings. The zero-order chi connectivity index (χ0) is 15.4. The molecule has 3 nitrogen and oxygen atoms in total. The fraction of sp³-hybridized carbons (Fsp3) is 0.316. The minimum atomic E-state index is 0.191. The number of rotatable bonds is 4. The van der Waals surface area contributed by atoms with Crippen LogP contribution in [0.15, 0.2) is 65.8 Å². The van der Waals surface area contributed by atoms with Gasteiger partial charge in [0.2, 0.25) is 0 Å². The summed E-state index contributed by atoms with van der Waals surface area (Å²) >= 11 is 0. The normalized spacial score (nSPS) is 24.2. The zero-order valence-corrected chi connectivity index (χ0v) is 13.0. The van der Waals surface area contributed by atoms with Crippen LogP contribution in [0.2, 0.25) is 0 Å². The first kappa shape index (κ1) is 14.9. The number of nitrogens with zero attached hydrogens (tertiary/aromatic N) is 2. The van der Waals surface area contributed by atoms with Gasteiger partial charge in [-0.05, 0) is 0 Å². The third-order valence-electron chi connectivity index (χ3n) is 4.57. The van der Waals surface area contributed by atoms with Gasteiger partial charge in [0.1, 0.15) is 18.3 Å². The minimum absolute atomic E-state index is 0.191. The van der Waals surface area contributed by atoms with E-state index >= 15 is 0 Å². The molecule has 0 unspecified atom stereocenters. The number of hydrogen-bond acceptors (Lipinski definition) is 2. The van der Waals surface area contributed by atoms with Crippen LogP contribution in [-0.4, -0.2) is 41.7 Å². The summed E-state index contributed by atoms with van der Waals surface area (Å²) in [5, 5.41) is 14.8. The van der Waals surface area contributed by atoms with Gasteiger partial charge in [-0.3, -0.25) is 0 Å². The molecule has 2 atom stereocenters. The van der Waals surface area contributed by atoms with Crippen molar-refractivity contribution in [3.8, 4) is 0 Å². The standard InChI is InChI=1S/C19H23N2O/c1-21(14-8-13-18(21)15-22)20-19(16-9-4-2-5-10-16)17-11-6-3-7-12-17/h2-7,9-12,18,22H,8,13-15H2,1H3/q+1/t18-,21+/m0/s1. The quantitative estimate of drug-likeness (QED) is 0.682. The van der Waals surface area contributed by atoms with E-state index in [2.05, 4.69) is 31.3 Å². The van der Waals surface area contributed by atoms with Crippen molar-refractivity contribution in [1.29, 1.82) is 0 Å². The fourth-order valence-corrected chi connectivity index (χ4v) is 3.21. The summed E-state index contributed by atoms with van der Waals surface area (Å²) in [6, 6.07) is 20.8. The van der Waals surface area contributed by atoms with Gasteiger partial charge >= 0.3 is 0 Å². The van der Waals surface area contributed by atoms with Crippen molar-refractivity contribution in [2.45, 2.75) is 18.9 Å². The van der Waals surface area contributed by atoms with Crippen molar-refractivity contribution in [1.82, 2.24) is 0 Å². The smallest absolute Gasteiger partial charge is 0.136 e. The van der Waals surface area contributed by atoms with Crippen LogP contribution in [0.3, 0.4) is 0 Å². The molecule has 0 radical (unpaired) electrons. The van der Waals surface area contributed by atoms with Crippen molar-refractivity contribution in [3.63, 3.8) is 0 Å². The number of quaternary nitrogens is 1. The molecule has 114 valence electrons. The summed E-state index contributed by atoms with van der Waals surface area (Å²) in [7, 11) is 2.12. The molecule has 0 spiro atoms. The Morgan fingerprint density at radius 1 is 1.05 bits per heavy atom. The summed E-state index contributed by atoms with van der Waals surface area (Å²) < 4.78 is 0.565. The lowest BCUT2D eigenvalue weighted by Gasteiger charge is -2.29. The molecule has 22 heavy (non-hydrogen) atoms. The van der Waals surface area contributed by atoms with Crippen molar-refractivity contribution >= 4 is 5.71 Å². The zero-order valence-electron chi connectivity index (χ0n) is 13.0. The Hall–Kier alpha value is -1.97. The van der Waals surface area contributed by atoms with E-state index in [-0.39, 0.29) is 12.6 Å². The van der Waals surface area contributed by atoms with Crippen molar-refractivity contribution < 1.29 is 9.70 Å². The SMILES string of the molecule is C[N@@+]1(N=C(c2ccccc2)c2ccccc2)CCC[C@H]1CO. The lowest BCUT2D eigenvalue weighted by Crippen LogP contribution is -2.45. The van der Waals surface area contributed by atoms with E-state index in [9.17, 15) is 5.11 Å². The average molecular weight is 295 g/mol. The van der Waals surface area contributed by atoms with Gasteiger partial charge in [0, 0.05) is 24.0 Å². The lowest BCUT2D eigenvalue weighted by atomic mass is 10.0. The van der Waals surface area contributed by atoms with Crippen LogP contribution in [-0.2, 0) is 0 Å². The molecule has 1 saturated heterocycles. The molecular formula is C19H23N2O+. The summed E-state index contributed by atoms with van der Waals surface area (Å²) in [6.07, 6.45) is 2.15. The molecule has 3 heteroatoms. The lowest BCUT2D eigenvalue weighted by molar-refractivity contribution is -0.927. The largest absolute Gasteiger partial charge is 0.390 e. The van der Waals surface area contributed by atoms with Crippen LogP contribution < -0.4 is 0 Å². The molecule has 0 saturated carbocycles. The Bertz CT molecular complexity index is 597. The summed E-state index contributed by atoms with van der Waals surface area (Å²) in [5.74, 6) is 0. The van der Waals surface area contributed by atoms with Crippen LogP contribution >= 0.6 is 0 Å². The highest BCUT2D eigenvalue weighted by atomic mass is 16.3. The number of benzene rings is 2. The highest BCUT2D eigenvalue weighted by Gasteiger charge is 2.39. The summed E-state index contributed by atoms with van der Waals surface area (Å²) in [4.78, 5) is 0. The van der Waals surface area contributed by atoms with Crippen molar-refractivity contribution in [3.05, 3.63) is 71.8 Å². The maximum Gasteiger partial charge on any atom is 0.136 e. The Morgan fingerprint density at radius 2 is 1.59 bits per heavy atom. The van der Waals surface area contributed by atoms with Crippen LogP contribution in [0.4, 0.5) is 0 Å². The van der Waals surface area contributed by atoms with Crippen molar-refractivity contribution in [2.24, 2.45) is 5.10 Å². The first-order valence-corrected chi connectivity index (χ1v) is 7.90. The monoisotopic (exact) mass is 295 g/mol. The van der Waals surface area contributed by atoms with Gasteiger partial charge in [-0.25, -0.2) is 0 Å². The highest BCUT2D eigenvalue weighted by molar-refractivity contribution is 6.12. The fourth-order valence-electron chi connectivity index (χ4n) is 3.21. The molecule has 2 aromatic rings. The topological polar surface area (TPSA) is 32.6 Å². The molecule has 2 aromatic carbocycles. The van der Waals surface area contributed by atoms with Crippen LogP contribution in [0.5, 0.6) is 0 Å². The van der Waals surface area contributed by atoms with Crippen LogP contribution in [0.1, 0.15) is 24.0 Å². The van der Waals surface area contributed by atoms with Gasteiger partial charge in [0.25, 0.3) is 0 Å². The van der Waals surface area contributed by atoms with E-state index < -0.39 is 0 Å². The first-order chi connectivity index (χ1) is 10.7. The molecule has 0 aromatic heterocycles. The van der Waals surface area contributed by atoms with Gasteiger partial charge in [0.15, 0.2) is 0 Å². The van der Waals surface area contributed by atoms with Gasteiger partial charge in [-0.15, -0.1) is 0 Å². The third kappa shape index (κ3) is 2.96. The molecule has 0 aliphatic carbocycles. The van der Waals surface area contributed by atoms with Gasteiger partial charge in [-0.1, -0.05) is 65.8 Å². The number of hydrogen-bond donors (Lipinski definition) is 1. The second-order valence-electron chi connectivity index (χ2n) is 6.10. The van der Waals surface area contributed by atoms with Crippen LogP contribution in [0, 0.1) is 0 Å². The van der Waals surface area contributed by atoms with E-state index in [4.69, 9.17) is 5.10 Å². The predicted molar refractivity (Wildman–Crippen MR) is 89.7 cm³/mol. The summed E-state index contributed by atoms with van der Waals surface area (Å²) in [6.45, 7) is 1.17. The molecule has 1 heterocycles. The Labute approximate surface area is 132 Å². The van der Waals surface area contributed by atoms with E-state index in [1.807, 2.05) is 36.4 Å². The predicted octanol–water partition coefficient (Wildman–Crippen LogP) is 3.04. The summed E-state index contributed by atoms with van der Waals surface area (Å²) in [5.41, 5.74) is 3.25. The van der Waals surface area contributed by atoms with Gasteiger partial charge < -0.3 is 5.11 Å². The molecular weight excluding hydrogens is 272 g/mol. The Kier molecular flexibility index (Phi) is 4.36. The molecule has 1 aliphatic heterocycles. The molecule has 0 bridgehead atoms. The average Bonchev–Trinajstić information content (AvgIpc) is 2.95. The maximum atomic E-state index is 9.67. The Morgan fingerprint density at radius 3 is 2.09 bits per heavy atom. The second-order valence-corrected chi connectivity index (χ2v) is 6.10. The van der Waals surface area contributed by atoms with E-state index in [1.165, 1.54) is 0 Å². The first-order valence-electron chi connectivity index (χ1n) is 7.90. The maximum absolute atomic E-state index is 9.67. The molecule has 1 N–H and O–H groups in total. The second kappa shape index (κ2) is 6.42. The van der Waals surface area contributed by atoms with E-state index in [0.29, 0.717) is 4.59 Å². The molecule has 3 rings (SSSR count). The highest BCUT2D eigenvalue weighted by Crippen LogP contribution is 2.27. The van der Waals surface area contributed by atoms with Gasteiger partial charge in [-0.2, -0.15) is 4.59 Å². The van der Waals surface area contributed by atoms with E-state index in [0.717, 1.165) is 36.2 Å². The van der Waals surface area contributed by atoms with Crippen molar-refractivity contribution in [2.75, 3.05) is 20.2 Å². The van der Waals surface area contributed by atoms with Gasteiger partial charge in [0.05, 0.1) is 13.7 Å². The third-order valence-corrected chi connectivity index (χ3v) is 4.57. The molecule has 1 aliphatic rings. The molecule has 0 amide bonds. The number of likely N-dealkylation sites (N-methyl/N-ethyl adjacent to an activating group) is 1. The number of aliphatic hydroxyl groups excluding tert-OH is 1. The minimum Gasteiger partial charge on any atom is -0.390 e. The van der Waals surface area contributed by atoms with Crippen LogP contribution in [0.25, 0.3) is 0 Å². The van der Waals surface area contributed by atoms with E-state index in [1.54, 1.807) is 0 Å². The Balaban J connectivity index is 2.08. The number of likely N-dealkylation sites (tertiary alicyclic amines) is 1. The number of aliphatic hydroxyl groups is 1.